The van der Waals surface area contributed by atoms with E-state index in [4.69, 9.17) is 4.42 Å². The Bertz CT molecular complexity index is 622. The Morgan fingerprint density at radius 2 is 2.18 bits per heavy atom. The maximum atomic E-state index is 12.3. The number of rotatable bonds is 5. The fraction of sp³-hybridized carbons (Fsp3) is 0.389. The summed E-state index contributed by atoms with van der Waals surface area (Å²) in [6, 6.07) is 12.3. The van der Waals surface area contributed by atoms with E-state index < -0.39 is 0 Å². The van der Waals surface area contributed by atoms with Crippen molar-refractivity contribution in [3.05, 3.63) is 59.5 Å². The van der Waals surface area contributed by atoms with Crippen molar-refractivity contribution in [1.29, 1.82) is 0 Å². The Morgan fingerprint density at radius 3 is 3.00 bits per heavy atom. The Labute approximate surface area is 131 Å². The van der Waals surface area contributed by atoms with Gasteiger partial charge in [-0.2, -0.15) is 0 Å². The fourth-order valence-corrected chi connectivity index (χ4v) is 3.11. The lowest BCUT2D eigenvalue weighted by Gasteiger charge is -2.27. The van der Waals surface area contributed by atoms with Crippen LogP contribution in [0.5, 0.6) is 0 Å². The molecule has 0 aliphatic heterocycles. The highest BCUT2D eigenvalue weighted by molar-refractivity contribution is 5.78. The first-order valence-corrected chi connectivity index (χ1v) is 7.80. The minimum absolute atomic E-state index is 0.0655. The molecule has 1 aromatic heterocycles. The fourth-order valence-electron chi connectivity index (χ4n) is 3.11. The van der Waals surface area contributed by atoms with E-state index in [0.717, 1.165) is 25.0 Å². The summed E-state index contributed by atoms with van der Waals surface area (Å²) in [5.74, 6) is 0.939. The van der Waals surface area contributed by atoms with Gasteiger partial charge < -0.3 is 9.73 Å². The van der Waals surface area contributed by atoms with Crippen molar-refractivity contribution in [3.63, 3.8) is 0 Å². The summed E-state index contributed by atoms with van der Waals surface area (Å²) in [6.07, 6.45) is 4.91. The van der Waals surface area contributed by atoms with E-state index in [9.17, 15) is 4.79 Å². The molecule has 4 heteroatoms. The molecule has 0 fully saturated rings. The number of likely N-dealkylation sites (N-methyl/N-ethyl adjacent to an activating group) is 1. The van der Waals surface area contributed by atoms with E-state index >= 15 is 0 Å². The minimum atomic E-state index is 0.0655. The molecule has 1 N–H and O–H groups in total. The number of hydrogen-bond donors (Lipinski definition) is 1. The van der Waals surface area contributed by atoms with Crippen LogP contribution < -0.4 is 5.32 Å². The van der Waals surface area contributed by atoms with Crippen LogP contribution in [0.15, 0.2) is 47.1 Å². The van der Waals surface area contributed by atoms with Crippen LogP contribution in [0.2, 0.25) is 0 Å². The molecule has 0 bridgehead atoms. The van der Waals surface area contributed by atoms with Crippen LogP contribution in [-0.4, -0.2) is 24.4 Å². The highest BCUT2D eigenvalue weighted by Crippen LogP contribution is 2.29. The number of nitrogens with one attached hydrogen (secondary N) is 1. The molecular formula is C18H22N2O2. The first-order valence-electron chi connectivity index (χ1n) is 7.80. The molecule has 3 rings (SSSR count). The van der Waals surface area contributed by atoms with Gasteiger partial charge in [0.05, 0.1) is 25.4 Å². The monoisotopic (exact) mass is 298 g/mol. The molecule has 1 aliphatic carbocycles. The SMILES string of the molecule is CN(CC(=O)N[C@@H]1CCCc2ccccc21)Cc1ccco1. The molecular weight excluding hydrogens is 276 g/mol. The van der Waals surface area contributed by atoms with E-state index in [2.05, 4.69) is 23.5 Å². The van der Waals surface area contributed by atoms with Crippen molar-refractivity contribution in [3.8, 4) is 0 Å². The van der Waals surface area contributed by atoms with Gasteiger partial charge in [-0.15, -0.1) is 0 Å². The highest BCUT2D eigenvalue weighted by Gasteiger charge is 2.21. The predicted octanol–water partition coefficient (Wildman–Crippen LogP) is 2.91. The lowest BCUT2D eigenvalue weighted by molar-refractivity contribution is -0.122. The maximum Gasteiger partial charge on any atom is 0.234 e. The summed E-state index contributed by atoms with van der Waals surface area (Å²) >= 11 is 0. The van der Waals surface area contributed by atoms with Gasteiger partial charge in [-0.05, 0) is 49.6 Å². The summed E-state index contributed by atoms with van der Waals surface area (Å²) in [6.45, 7) is 1.01. The van der Waals surface area contributed by atoms with Crippen LogP contribution in [0, 0.1) is 0 Å². The molecule has 0 saturated carbocycles. The minimum Gasteiger partial charge on any atom is -0.468 e. The van der Waals surface area contributed by atoms with Crippen molar-refractivity contribution >= 4 is 5.91 Å². The predicted molar refractivity (Wildman–Crippen MR) is 85.3 cm³/mol. The lowest BCUT2D eigenvalue weighted by atomic mass is 9.88. The number of amides is 1. The smallest absolute Gasteiger partial charge is 0.234 e. The third kappa shape index (κ3) is 3.57. The first-order chi connectivity index (χ1) is 10.7. The van der Waals surface area contributed by atoms with Gasteiger partial charge in [0, 0.05) is 0 Å². The molecule has 116 valence electrons. The topological polar surface area (TPSA) is 45.5 Å². The average Bonchev–Trinajstić information content (AvgIpc) is 3.00. The van der Waals surface area contributed by atoms with Crippen molar-refractivity contribution < 1.29 is 9.21 Å². The third-order valence-corrected chi connectivity index (χ3v) is 4.12. The van der Waals surface area contributed by atoms with Crippen LogP contribution >= 0.6 is 0 Å². The molecule has 1 aromatic carbocycles. The molecule has 1 atom stereocenters. The second kappa shape index (κ2) is 6.79. The second-order valence-corrected chi connectivity index (χ2v) is 5.96. The van der Waals surface area contributed by atoms with Gasteiger partial charge in [-0.3, -0.25) is 9.69 Å². The first kappa shape index (κ1) is 14.9. The highest BCUT2D eigenvalue weighted by atomic mass is 16.3. The number of benzene rings is 1. The van der Waals surface area contributed by atoms with Gasteiger partial charge in [-0.25, -0.2) is 0 Å². The number of aryl methyl sites for hydroxylation is 1. The van der Waals surface area contributed by atoms with Crippen LogP contribution in [0.4, 0.5) is 0 Å². The molecule has 1 heterocycles. The van der Waals surface area contributed by atoms with Crippen molar-refractivity contribution in [2.45, 2.75) is 31.8 Å². The van der Waals surface area contributed by atoms with E-state index in [1.165, 1.54) is 11.1 Å². The largest absolute Gasteiger partial charge is 0.468 e. The summed E-state index contributed by atoms with van der Waals surface area (Å²) < 4.78 is 5.31. The average molecular weight is 298 g/mol. The molecule has 1 amide bonds. The van der Waals surface area contributed by atoms with Gasteiger partial charge >= 0.3 is 0 Å². The van der Waals surface area contributed by atoms with Gasteiger partial charge in [0.2, 0.25) is 5.91 Å². The number of furan rings is 1. The Balaban J connectivity index is 1.56. The second-order valence-electron chi connectivity index (χ2n) is 5.96. The Morgan fingerprint density at radius 1 is 1.32 bits per heavy atom. The maximum absolute atomic E-state index is 12.3. The van der Waals surface area contributed by atoms with Crippen LogP contribution in [-0.2, 0) is 17.8 Å². The van der Waals surface area contributed by atoms with Crippen molar-refractivity contribution in [2.75, 3.05) is 13.6 Å². The van der Waals surface area contributed by atoms with E-state index in [1.807, 2.05) is 30.1 Å². The van der Waals surface area contributed by atoms with Crippen LogP contribution in [0.1, 0.15) is 35.8 Å². The quantitative estimate of drug-likeness (QED) is 0.923. The summed E-state index contributed by atoms with van der Waals surface area (Å²) in [4.78, 5) is 14.2. The molecule has 2 aromatic rings. The molecule has 22 heavy (non-hydrogen) atoms. The molecule has 0 unspecified atom stereocenters. The van der Waals surface area contributed by atoms with Crippen molar-refractivity contribution in [2.24, 2.45) is 0 Å². The number of hydrogen-bond acceptors (Lipinski definition) is 3. The molecule has 1 aliphatic rings. The number of carbonyl (C=O) groups excluding carboxylic acids is 1. The lowest BCUT2D eigenvalue weighted by Crippen LogP contribution is -2.38. The van der Waals surface area contributed by atoms with E-state index in [-0.39, 0.29) is 11.9 Å². The molecule has 0 spiro atoms. The zero-order valence-electron chi connectivity index (χ0n) is 12.9. The number of nitrogens with zero attached hydrogens (tertiary/aromatic N) is 1. The van der Waals surface area contributed by atoms with Gasteiger partial charge in [0.1, 0.15) is 5.76 Å². The molecule has 4 nitrogen and oxygen atoms in total. The normalized spacial score (nSPS) is 17.3. The number of carbonyl (C=O) groups is 1. The van der Waals surface area contributed by atoms with Crippen molar-refractivity contribution in [1.82, 2.24) is 10.2 Å². The van der Waals surface area contributed by atoms with E-state index in [1.54, 1.807) is 6.26 Å². The third-order valence-electron chi connectivity index (χ3n) is 4.12. The molecule has 0 saturated heterocycles. The van der Waals surface area contributed by atoms with Crippen LogP contribution in [0.25, 0.3) is 0 Å². The number of fused-ring (bicyclic) bond motifs is 1. The summed E-state index contributed by atoms with van der Waals surface area (Å²) in [5, 5.41) is 3.17. The zero-order chi connectivity index (χ0) is 15.4. The summed E-state index contributed by atoms with van der Waals surface area (Å²) in [7, 11) is 1.93. The Hall–Kier alpha value is -2.07. The van der Waals surface area contributed by atoms with E-state index in [0.29, 0.717) is 13.1 Å². The van der Waals surface area contributed by atoms with Crippen LogP contribution in [0.3, 0.4) is 0 Å². The molecule has 0 radical (unpaired) electrons. The summed E-state index contributed by atoms with van der Waals surface area (Å²) in [5.41, 5.74) is 2.64. The Kier molecular flexibility index (Phi) is 4.59. The zero-order valence-corrected chi connectivity index (χ0v) is 12.9. The van der Waals surface area contributed by atoms with Gasteiger partial charge in [0.15, 0.2) is 0 Å². The van der Waals surface area contributed by atoms with Gasteiger partial charge in [-0.1, -0.05) is 24.3 Å². The van der Waals surface area contributed by atoms with Gasteiger partial charge in [0.25, 0.3) is 0 Å². The standard InChI is InChI=1S/C18H22N2O2/c1-20(12-15-8-5-11-22-15)13-18(21)19-17-10-4-7-14-6-2-3-9-16(14)17/h2-3,5-6,8-9,11,17H,4,7,10,12-13H2,1H3,(H,19,21)/t17-/m1/s1.